The van der Waals surface area contributed by atoms with E-state index in [1.54, 1.807) is 0 Å². The predicted molar refractivity (Wildman–Crippen MR) is 57.0 cm³/mol. The molecular weight excluding hydrogens is 170 g/mol. The summed E-state index contributed by atoms with van der Waals surface area (Å²) in [4.78, 5) is 0. The Morgan fingerprint density at radius 2 is 1.92 bits per heavy atom. The van der Waals surface area contributed by atoms with E-state index in [9.17, 15) is 0 Å². The van der Waals surface area contributed by atoms with Crippen molar-refractivity contribution in [2.45, 2.75) is 20.8 Å². The number of hydrogen-bond acceptors (Lipinski definition) is 2. The number of hydrogen-bond donors (Lipinski definition) is 4. The maximum absolute atomic E-state index is 6.98. The maximum atomic E-state index is 6.98. The van der Waals surface area contributed by atoms with Crippen LogP contribution in [0.15, 0.2) is 0 Å². The van der Waals surface area contributed by atoms with Crippen molar-refractivity contribution in [3.05, 3.63) is 0 Å². The molecule has 0 spiro atoms. The van der Waals surface area contributed by atoms with Gasteiger partial charge in [-0.25, -0.2) is 0 Å². The summed E-state index contributed by atoms with van der Waals surface area (Å²) in [6.07, 6.45) is 0. The molecule has 0 aromatic rings. The van der Waals surface area contributed by atoms with Gasteiger partial charge in [0.15, 0.2) is 5.17 Å². The smallest absolute Gasteiger partial charge is 0.150 e. The van der Waals surface area contributed by atoms with Gasteiger partial charge in [-0.1, -0.05) is 20.8 Å². The standard InChI is InChI=1S/C8H19N3S/c1-8(2,3)6-10-4-5-11-7(9)12/h10H,4-6H2,1-3H3,(H3,9,11,12). The first-order valence-corrected chi connectivity index (χ1v) is 4.59. The van der Waals surface area contributed by atoms with Crippen molar-refractivity contribution >= 4 is 17.8 Å². The molecule has 0 aromatic carbocycles. The molecule has 0 saturated heterocycles. The summed E-state index contributed by atoms with van der Waals surface area (Å²) < 4.78 is 0. The summed E-state index contributed by atoms with van der Waals surface area (Å²) in [5.41, 5.74) is 0.328. The van der Waals surface area contributed by atoms with Gasteiger partial charge < -0.3 is 10.6 Å². The van der Waals surface area contributed by atoms with E-state index in [2.05, 4.69) is 44.0 Å². The fourth-order valence-electron chi connectivity index (χ4n) is 0.733. The second-order valence-corrected chi connectivity index (χ2v) is 4.46. The van der Waals surface area contributed by atoms with Crippen LogP contribution in [-0.2, 0) is 0 Å². The zero-order valence-electron chi connectivity index (χ0n) is 8.07. The van der Waals surface area contributed by atoms with Crippen LogP contribution in [0.25, 0.3) is 0 Å². The third-order valence-corrected chi connectivity index (χ3v) is 1.41. The lowest BCUT2D eigenvalue weighted by Gasteiger charge is -2.18. The Hall–Kier alpha value is -0.220. The van der Waals surface area contributed by atoms with Gasteiger partial charge in [-0.2, -0.15) is 0 Å². The Kier molecular flexibility index (Phi) is 5.33. The van der Waals surface area contributed by atoms with Crippen molar-refractivity contribution in [2.24, 2.45) is 5.41 Å². The normalized spacial score (nSPS) is 11.3. The largest absolute Gasteiger partial charge is 0.364 e. The number of thiol groups is 1. The van der Waals surface area contributed by atoms with Gasteiger partial charge in [0.1, 0.15) is 0 Å². The van der Waals surface area contributed by atoms with Crippen molar-refractivity contribution in [1.29, 1.82) is 5.41 Å². The van der Waals surface area contributed by atoms with Crippen LogP contribution in [0.4, 0.5) is 0 Å². The molecule has 0 aliphatic rings. The molecule has 0 bridgehead atoms. The topological polar surface area (TPSA) is 47.9 Å². The third-order valence-electron chi connectivity index (χ3n) is 1.25. The Balaban J connectivity index is 3.17. The van der Waals surface area contributed by atoms with Gasteiger partial charge in [-0.15, -0.1) is 12.6 Å². The second kappa shape index (κ2) is 5.43. The second-order valence-electron chi connectivity index (χ2n) is 4.01. The fraction of sp³-hybridized carbons (Fsp3) is 0.875. The van der Waals surface area contributed by atoms with Gasteiger partial charge in [-0.3, -0.25) is 5.41 Å². The monoisotopic (exact) mass is 189 g/mol. The average Bonchev–Trinajstić information content (AvgIpc) is 1.83. The number of rotatable bonds is 4. The lowest BCUT2D eigenvalue weighted by molar-refractivity contribution is 0.382. The summed E-state index contributed by atoms with van der Waals surface area (Å²) >= 11 is 3.80. The van der Waals surface area contributed by atoms with Crippen molar-refractivity contribution in [3.63, 3.8) is 0 Å². The van der Waals surface area contributed by atoms with Gasteiger partial charge in [0.2, 0.25) is 0 Å². The summed E-state index contributed by atoms with van der Waals surface area (Å²) in [6, 6.07) is 0. The van der Waals surface area contributed by atoms with Crippen LogP contribution < -0.4 is 10.6 Å². The van der Waals surface area contributed by atoms with E-state index in [0.717, 1.165) is 19.6 Å². The molecule has 0 rings (SSSR count). The lowest BCUT2D eigenvalue weighted by atomic mass is 9.97. The first kappa shape index (κ1) is 11.8. The molecule has 3 N–H and O–H groups in total. The molecule has 3 nitrogen and oxygen atoms in total. The molecule has 12 heavy (non-hydrogen) atoms. The minimum absolute atomic E-state index is 0.229. The van der Waals surface area contributed by atoms with Crippen LogP contribution in [0.3, 0.4) is 0 Å². The minimum atomic E-state index is 0.229. The zero-order chi connectivity index (χ0) is 9.61. The van der Waals surface area contributed by atoms with Gasteiger partial charge in [0, 0.05) is 19.6 Å². The molecule has 0 heterocycles. The molecule has 72 valence electrons. The van der Waals surface area contributed by atoms with E-state index < -0.39 is 0 Å². The van der Waals surface area contributed by atoms with E-state index in [-0.39, 0.29) is 5.17 Å². The quantitative estimate of drug-likeness (QED) is 0.231. The van der Waals surface area contributed by atoms with Crippen LogP contribution in [0, 0.1) is 10.8 Å². The summed E-state index contributed by atoms with van der Waals surface area (Å²) in [5.74, 6) is 0. The van der Waals surface area contributed by atoms with Crippen LogP contribution in [-0.4, -0.2) is 24.8 Å². The van der Waals surface area contributed by atoms with Crippen molar-refractivity contribution in [1.82, 2.24) is 10.6 Å². The third kappa shape index (κ3) is 9.78. The molecule has 0 aromatic heterocycles. The van der Waals surface area contributed by atoms with Crippen LogP contribution >= 0.6 is 12.6 Å². The first-order valence-electron chi connectivity index (χ1n) is 4.14. The van der Waals surface area contributed by atoms with E-state index in [1.807, 2.05) is 0 Å². The SMILES string of the molecule is CC(C)(C)CNCCNC(=N)S. The van der Waals surface area contributed by atoms with Gasteiger partial charge >= 0.3 is 0 Å². The molecule has 0 radical (unpaired) electrons. The highest BCUT2D eigenvalue weighted by Gasteiger charge is 2.07. The Bertz CT molecular complexity index is 140. The van der Waals surface area contributed by atoms with E-state index >= 15 is 0 Å². The summed E-state index contributed by atoms with van der Waals surface area (Å²) in [6.45, 7) is 9.20. The van der Waals surface area contributed by atoms with Crippen LogP contribution in [0.5, 0.6) is 0 Å². The van der Waals surface area contributed by atoms with E-state index in [1.165, 1.54) is 0 Å². The van der Waals surface area contributed by atoms with Gasteiger partial charge in [0.25, 0.3) is 0 Å². The molecule has 0 saturated carbocycles. The number of nitrogens with one attached hydrogen (secondary N) is 3. The van der Waals surface area contributed by atoms with Gasteiger partial charge in [0.05, 0.1) is 0 Å². The van der Waals surface area contributed by atoms with Crippen molar-refractivity contribution in [3.8, 4) is 0 Å². The van der Waals surface area contributed by atoms with E-state index in [4.69, 9.17) is 5.41 Å². The predicted octanol–water partition coefficient (Wildman–Crippen LogP) is 1.08. The minimum Gasteiger partial charge on any atom is -0.364 e. The van der Waals surface area contributed by atoms with E-state index in [0.29, 0.717) is 5.41 Å². The molecular formula is C8H19N3S. The molecule has 0 aliphatic heterocycles. The molecule has 4 heteroatoms. The first-order chi connectivity index (χ1) is 5.42. The van der Waals surface area contributed by atoms with Crippen molar-refractivity contribution < 1.29 is 0 Å². The fourth-order valence-corrected chi connectivity index (χ4v) is 0.844. The Labute approximate surface area is 80.2 Å². The Morgan fingerprint density at radius 3 is 2.33 bits per heavy atom. The maximum Gasteiger partial charge on any atom is 0.150 e. The molecule has 0 aliphatic carbocycles. The molecule has 0 fully saturated rings. The Morgan fingerprint density at radius 1 is 1.33 bits per heavy atom. The van der Waals surface area contributed by atoms with Crippen LogP contribution in [0.2, 0.25) is 0 Å². The summed E-state index contributed by atoms with van der Waals surface area (Å²) in [5, 5.41) is 13.3. The highest BCUT2D eigenvalue weighted by Crippen LogP contribution is 2.09. The lowest BCUT2D eigenvalue weighted by Crippen LogP contribution is -2.33. The highest BCUT2D eigenvalue weighted by molar-refractivity contribution is 7.96. The van der Waals surface area contributed by atoms with Crippen LogP contribution in [0.1, 0.15) is 20.8 Å². The molecule has 0 amide bonds. The van der Waals surface area contributed by atoms with Gasteiger partial charge in [-0.05, 0) is 5.41 Å². The zero-order valence-corrected chi connectivity index (χ0v) is 8.96. The number of amidine groups is 1. The highest BCUT2D eigenvalue weighted by atomic mass is 32.1. The average molecular weight is 189 g/mol. The summed E-state index contributed by atoms with van der Waals surface area (Å²) in [7, 11) is 0. The molecule has 0 atom stereocenters. The molecule has 0 unspecified atom stereocenters. The van der Waals surface area contributed by atoms with Crippen molar-refractivity contribution in [2.75, 3.05) is 19.6 Å².